The molecule has 1 heterocycles. The summed E-state index contributed by atoms with van der Waals surface area (Å²) < 4.78 is 0. The van der Waals surface area contributed by atoms with Crippen molar-refractivity contribution in [2.75, 3.05) is 13.1 Å². The first-order valence-electron chi connectivity index (χ1n) is 6.24. The van der Waals surface area contributed by atoms with Gasteiger partial charge in [0.05, 0.1) is 6.42 Å². The fourth-order valence-electron chi connectivity index (χ4n) is 2.33. The van der Waals surface area contributed by atoms with Crippen LogP contribution in [0.3, 0.4) is 0 Å². The number of hydrogen-bond acceptors (Lipinski definition) is 2. The van der Waals surface area contributed by atoms with Gasteiger partial charge in [0, 0.05) is 19.1 Å². The zero-order valence-electron chi connectivity index (χ0n) is 10.3. The fraction of sp³-hybridized carbons (Fsp3) is 0.500. The summed E-state index contributed by atoms with van der Waals surface area (Å²) in [6, 6.07) is 10.1. The van der Waals surface area contributed by atoms with Gasteiger partial charge < -0.3 is 10.6 Å². The van der Waals surface area contributed by atoms with E-state index in [1.165, 1.54) is 0 Å². The summed E-state index contributed by atoms with van der Waals surface area (Å²) in [6.45, 7) is 3.71. The van der Waals surface area contributed by atoms with Crippen LogP contribution in [0.1, 0.15) is 18.9 Å². The Labute approximate surface area is 103 Å². The Morgan fingerprint density at radius 2 is 2.18 bits per heavy atom. The molecule has 2 rings (SSSR count). The summed E-state index contributed by atoms with van der Waals surface area (Å²) in [7, 11) is 0. The standard InChI is InChI=1S/C14H20N2O/c1-11(15)13-7-8-16(10-13)14(17)9-12-5-3-2-4-6-12/h2-6,11,13H,7-10,15H2,1H3. The average Bonchev–Trinajstić information content (AvgIpc) is 2.79. The Bertz CT molecular complexity index is 375. The summed E-state index contributed by atoms with van der Waals surface area (Å²) in [5.41, 5.74) is 6.96. The zero-order valence-corrected chi connectivity index (χ0v) is 10.3. The van der Waals surface area contributed by atoms with E-state index in [9.17, 15) is 4.79 Å². The van der Waals surface area contributed by atoms with E-state index in [4.69, 9.17) is 5.73 Å². The van der Waals surface area contributed by atoms with Gasteiger partial charge in [0.25, 0.3) is 0 Å². The topological polar surface area (TPSA) is 46.3 Å². The number of benzene rings is 1. The summed E-state index contributed by atoms with van der Waals surface area (Å²) in [5, 5.41) is 0. The second-order valence-electron chi connectivity index (χ2n) is 4.91. The molecule has 1 saturated heterocycles. The minimum absolute atomic E-state index is 0.185. The third-order valence-corrected chi connectivity index (χ3v) is 3.52. The van der Waals surface area contributed by atoms with Crippen LogP contribution in [0.5, 0.6) is 0 Å². The molecular weight excluding hydrogens is 212 g/mol. The molecule has 1 aliphatic rings. The second kappa shape index (κ2) is 5.32. The van der Waals surface area contributed by atoms with Gasteiger partial charge in [-0.3, -0.25) is 4.79 Å². The van der Waals surface area contributed by atoms with Gasteiger partial charge in [-0.05, 0) is 24.8 Å². The Hall–Kier alpha value is -1.35. The van der Waals surface area contributed by atoms with Crippen molar-refractivity contribution in [3.63, 3.8) is 0 Å². The largest absolute Gasteiger partial charge is 0.342 e. The van der Waals surface area contributed by atoms with Crippen LogP contribution in [0.15, 0.2) is 30.3 Å². The molecule has 1 aromatic carbocycles. The van der Waals surface area contributed by atoms with E-state index in [2.05, 4.69) is 0 Å². The lowest BCUT2D eigenvalue weighted by molar-refractivity contribution is -0.129. The highest BCUT2D eigenvalue weighted by atomic mass is 16.2. The number of carbonyl (C=O) groups excluding carboxylic acids is 1. The third-order valence-electron chi connectivity index (χ3n) is 3.52. The van der Waals surface area contributed by atoms with Crippen LogP contribution >= 0.6 is 0 Å². The molecule has 1 fully saturated rings. The molecule has 0 radical (unpaired) electrons. The summed E-state index contributed by atoms with van der Waals surface area (Å²) in [4.78, 5) is 14.0. The number of likely N-dealkylation sites (tertiary alicyclic amines) is 1. The lowest BCUT2D eigenvalue weighted by Gasteiger charge is -2.18. The maximum Gasteiger partial charge on any atom is 0.226 e. The van der Waals surface area contributed by atoms with Gasteiger partial charge >= 0.3 is 0 Å². The van der Waals surface area contributed by atoms with Crippen LogP contribution in [-0.4, -0.2) is 29.9 Å². The number of nitrogens with two attached hydrogens (primary N) is 1. The van der Waals surface area contributed by atoms with Crippen molar-refractivity contribution < 1.29 is 4.79 Å². The minimum atomic E-state index is 0.185. The predicted octanol–water partition coefficient (Wildman–Crippen LogP) is 1.42. The van der Waals surface area contributed by atoms with Crippen molar-refractivity contribution in [1.82, 2.24) is 4.90 Å². The normalized spacial score (nSPS) is 21.5. The molecule has 1 aliphatic heterocycles. The van der Waals surface area contributed by atoms with Crippen molar-refractivity contribution in [2.45, 2.75) is 25.8 Å². The monoisotopic (exact) mass is 232 g/mol. The molecule has 1 amide bonds. The maximum absolute atomic E-state index is 12.1. The molecule has 17 heavy (non-hydrogen) atoms. The highest BCUT2D eigenvalue weighted by Crippen LogP contribution is 2.19. The number of amides is 1. The van der Waals surface area contributed by atoms with Crippen molar-refractivity contribution in [3.05, 3.63) is 35.9 Å². The average molecular weight is 232 g/mol. The molecule has 0 bridgehead atoms. The molecule has 3 nitrogen and oxygen atoms in total. The molecule has 92 valence electrons. The van der Waals surface area contributed by atoms with Crippen LogP contribution < -0.4 is 5.73 Å². The number of rotatable bonds is 3. The number of nitrogens with zero attached hydrogens (tertiary/aromatic N) is 1. The molecule has 1 aromatic rings. The molecule has 2 unspecified atom stereocenters. The Morgan fingerprint density at radius 1 is 1.47 bits per heavy atom. The van der Waals surface area contributed by atoms with Gasteiger partial charge in [-0.2, -0.15) is 0 Å². The first kappa shape index (κ1) is 12.1. The highest BCUT2D eigenvalue weighted by molar-refractivity contribution is 5.79. The van der Waals surface area contributed by atoms with Crippen LogP contribution in [0.25, 0.3) is 0 Å². The van der Waals surface area contributed by atoms with Gasteiger partial charge in [0.15, 0.2) is 0 Å². The Kier molecular flexibility index (Phi) is 3.79. The molecule has 0 saturated carbocycles. The number of hydrogen-bond donors (Lipinski definition) is 1. The van der Waals surface area contributed by atoms with Crippen LogP contribution in [0, 0.1) is 5.92 Å². The predicted molar refractivity (Wildman–Crippen MR) is 68.5 cm³/mol. The molecule has 2 N–H and O–H groups in total. The first-order valence-corrected chi connectivity index (χ1v) is 6.24. The van der Waals surface area contributed by atoms with E-state index in [1.54, 1.807) is 0 Å². The van der Waals surface area contributed by atoms with Crippen molar-refractivity contribution >= 4 is 5.91 Å². The van der Waals surface area contributed by atoms with E-state index in [-0.39, 0.29) is 11.9 Å². The summed E-state index contributed by atoms with van der Waals surface area (Å²) in [5.74, 6) is 0.689. The van der Waals surface area contributed by atoms with Gasteiger partial charge in [0.1, 0.15) is 0 Å². The van der Waals surface area contributed by atoms with E-state index in [1.807, 2.05) is 42.2 Å². The summed E-state index contributed by atoms with van der Waals surface area (Å²) >= 11 is 0. The van der Waals surface area contributed by atoms with Gasteiger partial charge in [-0.15, -0.1) is 0 Å². The smallest absolute Gasteiger partial charge is 0.226 e. The van der Waals surface area contributed by atoms with Crippen LogP contribution in [-0.2, 0) is 11.2 Å². The van der Waals surface area contributed by atoms with Crippen molar-refractivity contribution in [2.24, 2.45) is 11.7 Å². The van der Waals surface area contributed by atoms with E-state index in [0.29, 0.717) is 12.3 Å². The molecule has 2 atom stereocenters. The van der Waals surface area contributed by atoms with E-state index >= 15 is 0 Å². The molecule has 3 heteroatoms. The van der Waals surface area contributed by atoms with Crippen molar-refractivity contribution in [3.8, 4) is 0 Å². The van der Waals surface area contributed by atoms with Gasteiger partial charge in [0.2, 0.25) is 5.91 Å². The third kappa shape index (κ3) is 3.07. The Balaban J connectivity index is 1.90. The minimum Gasteiger partial charge on any atom is -0.342 e. The fourth-order valence-corrected chi connectivity index (χ4v) is 2.33. The van der Waals surface area contributed by atoms with E-state index in [0.717, 1.165) is 25.1 Å². The molecule has 0 aromatic heterocycles. The highest BCUT2D eigenvalue weighted by Gasteiger charge is 2.28. The van der Waals surface area contributed by atoms with Crippen LogP contribution in [0.2, 0.25) is 0 Å². The lowest BCUT2D eigenvalue weighted by Crippen LogP contribution is -2.33. The van der Waals surface area contributed by atoms with Crippen molar-refractivity contribution in [1.29, 1.82) is 0 Å². The van der Waals surface area contributed by atoms with E-state index < -0.39 is 0 Å². The molecular formula is C14H20N2O. The first-order chi connectivity index (χ1) is 8.16. The van der Waals surface area contributed by atoms with Gasteiger partial charge in [-0.25, -0.2) is 0 Å². The molecule has 0 aliphatic carbocycles. The Morgan fingerprint density at radius 3 is 2.76 bits per heavy atom. The maximum atomic E-state index is 12.1. The zero-order chi connectivity index (χ0) is 12.3. The quantitative estimate of drug-likeness (QED) is 0.857. The number of carbonyl (C=O) groups is 1. The molecule has 0 spiro atoms. The van der Waals surface area contributed by atoms with Gasteiger partial charge in [-0.1, -0.05) is 30.3 Å². The van der Waals surface area contributed by atoms with Crippen LogP contribution in [0.4, 0.5) is 0 Å². The SMILES string of the molecule is CC(N)C1CCN(C(=O)Cc2ccccc2)C1. The lowest BCUT2D eigenvalue weighted by atomic mass is 10.0. The second-order valence-corrected chi connectivity index (χ2v) is 4.91. The summed E-state index contributed by atoms with van der Waals surface area (Å²) in [6.07, 6.45) is 1.55.